The summed E-state index contributed by atoms with van der Waals surface area (Å²) in [7, 11) is 0. The van der Waals surface area contributed by atoms with E-state index in [1.807, 2.05) is 13.0 Å². The van der Waals surface area contributed by atoms with Crippen molar-refractivity contribution < 1.29 is 38.7 Å². The summed E-state index contributed by atoms with van der Waals surface area (Å²) in [6, 6.07) is 20.7. The van der Waals surface area contributed by atoms with Crippen molar-refractivity contribution in [3.05, 3.63) is 83.9 Å². The maximum atomic E-state index is 13.4. The van der Waals surface area contributed by atoms with E-state index in [0.717, 1.165) is 24.8 Å². The normalized spacial score (nSPS) is 14.4. The summed E-state index contributed by atoms with van der Waals surface area (Å²) >= 11 is 0. The lowest BCUT2D eigenvalue weighted by atomic mass is 9.81. The fourth-order valence-corrected chi connectivity index (χ4v) is 8.45. The Labute approximate surface area is 361 Å². The molecule has 61 heavy (non-hydrogen) atoms. The van der Waals surface area contributed by atoms with Gasteiger partial charge in [0, 0.05) is 50.4 Å². The first-order valence-corrected chi connectivity index (χ1v) is 22.2. The van der Waals surface area contributed by atoms with Gasteiger partial charge >= 0.3 is 0 Å². The molecule has 0 aliphatic heterocycles. The lowest BCUT2D eigenvalue weighted by Gasteiger charge is -2.24. The number of hydrogen-bond donors (Lipinski definition) is 3. The molecule has 3 N–H and O–H groups in total. The number of nitrogens with one attached hydrogen (secondary N) is 2. The van der Waals surface area contributed by atoms with Crippen molar-refractivity contribution in [1.82, 2.24) is 10.6 Å². The number of benzene rings is 3. The first-order valence-electron chi connectivity index (χ1n) is 22.2. The molecule has 4 rings (SSSR count). The number of allylic oxidation sites excluding steroid dienone is 1. The second kappa shape index (κ2) is 25.0. The Morgan fingerprint density at radius 3 is 2.15 bits per heavy atom. The van der Waals surface area contributed by atoms with Crippen molar-refractivity contribution in [2.75, 3.05) is 13.2 Å². The van der Waals surface area contributed by atoms with Crippen molar-refractivity contribution in [3.63, 3.8) is 0 Å². The maximum absolute atomic E-state index is 13.4. The number of amides is 2. The van der Waals surface area contributed by atoms with Crippen LogP contribution in [0.4, 0.5) is 0 Å². The van der Waals surface area contributed by atoms with E-state index in [4.69, 9.17) is 0 Å². The number of aryl methyl sites for hydroxylation is 1. The zero-order valence-corrected chi connectivity index (χ0v) is 36.5. The second-order valence-electron chi connectivity index (χ2n) is 17.2. The fourth-order valence-electron chi connectivity index (χ4n) is 8.45. The molecular weight excluding hydrogens is 769 g/mol. The minimum atomic E-state index is -0.982. The van der Waals surface area contributed by atoms with Gasteiger partial charge in [-0.25, -0.2) is 0 Å². The second-order valence-corrected chi connectivity index (χ2v) is 17.2. The Bertz CT molecular complexity index is 2010. The molecule has 0 saturated heterocycles. The van der Waals surface area contributed by atoms with Gasteiger partial charge < -0.3 is 20.5 Å². The monoisotopic (exact) mass is 834 g/mol. The first-order chi connectivity index (χ1) is 29.2. The lowest BCUT2D eigenvalue weighted by molar-refractivity contribution is -0.134. The van der Waals surface area contributed by atoms with Crippen molar-refractivity contribution >= 4 is 51.5 Å². The molecular formula is C51H66N2O8. The van der Waals surface area contributed by atoms with Crippen LogP contribution in [0.1, 0.15) is 141 Å². The Hall–Kier alpha value is -5.09. The SMILES string of the molecule is C=C(C)CCCCC(NC(=O)CCC(=O)CCCc1cc(C2CCCCC2)cc2c(-c3ccccc3)cccc12)C(=O)NCC(=O)CC(CC(C)=O)C(=O)CC(CO)C(C)=O. The molecule has 1 saturated carbocycles. The average Bonchev–Trinajstić information content (AvgIpc) is 3.24. The summed E-state index contributed by atoms with van der Waals surface area (Å²) in [5, 5.41) is 17.3. The highest BCUT2D eigenvalue weighted by molar-refractivity contribution is 5.99. The van der Waals surface area contributed by atoms with E-state index in [1.165, 1.54) is 79.0 Å². The van der Waals surface area contributed by atoms with E-state index in [-0.39, 0.29) is 49.5 Å². The molecule has 1 aliphatic rings. The molecule has 10 nitrogen and oxygen atoms in total. The minimum Gasteiger partial charge on any atom is -0.396 e. The summed E-state index contributed by atoms with van der Waals surface area (Å²) in [6.07, 6.45) is 9.47. The molecule has 3 aromatic rings. The largest absolute Gasteiger partial charge is 0.396 e. The van der Waals surface area contributed by atoms with Crippen LogP contribution in [0.15, 0.2) is 72.8 Å². The van der Waals surface area contributed by atoms with Crippen LogP contribution in [0.3, 0.4) is 0 Å². The van der Waals surface area contributed by atoms with Gasteiger partial charge in [0.25, 0.3) is 0 Å². The van der Waals surface area contributed by atoms with Crippen LogP contribution in [0.25, 0.3) is 21.9 Å². The molecule has 3 aromatic carbocycles. The molecule has 3 atom stereocenters. The molecule has 0 radical (unpaired) electrons. The summed E-state index contributed by atoms with van der Waals surface area (Å²) in [6.45, 7) is 7.47. The number of aliphatic hydroxyl groups excluding tert-OH is 1. The molecule has 0 aromatic heterocycles. The van der Waals surface area contributed by atoms with Crippen molar-refractivity contribution in [2.24, 2.45) is 11.8 Å². The number of ketones is 5. The highest BCUT2D eigenvalue weighted by Crippen LogP contribution is 2.38. The highest BCUT2D eigenvalue weighted by atomic mass is 16.3. The third kappa shape index (κ3) is 16.0. The van der Waals surface area contributed by atoms with Crippen LogP contribution < -0.4 is 10.6 Å². The van der Waals surface area contributed by atoms with Gasteiger partial charge in [-0.05, 0) is 105 Å². The zero-order chi connectivity index (χ0) is 44.3. The van der Waals surface area contributed by atoms with Gasteiger partial charge in [0.2, 0.25) is 11.8 Å². The number of carbonyl (C=O) groups excluding carboxylic acids is 7. The van der Waals surface area contributed by atoms with Gasteiger partial charge in [-0.2, -0.15) is 0 Å². The van der Waals surface area contributed by atoms with Gasteiger partial charge in [0.05, 0.1) is 13.2 Å². The van der Waals surface area contributed by atoms with Crippen LogP contribution in [0.2, 0.25) is 0 Å². The summed E-state index contributed by atoms with van der Waals surface area (Å²) in [4.78, 5) is 89.2. The number of unbranched alkanes of at least 4 members (excludes halogenated alkanes) is 1. The van der Waals surface area contributed by atoms with Crippen LogP contribution in [-0.2, 0) is 40.0 Å². The van der Waals surface area contributed by atoms with Gasteiger partial charge in [-0.1, -0.05) is 91.9 Å². The van der Waals surface area contributed by atoms with Crippen LogP contribution in [-0.4, -0.2) is 65.0 Å². The van der Waals surface area contributed by atoms with Gasteiger partial charge in [0.15, 0.2) is 5.78 Å². The number of Topliss-reactive ketones (excluding diaryl/α,β-unsaturated/α-hetero) is 5. The Morgan fingerprint density at radius 2 is 1.48 bits per heavy atom. The zero-order valence-electron chi connectivity index (χ0n) is 36.5. The molecule has 3 unspecified atom stereocenters. The average molecular weight is 835 g/mol. The molecule has 1 aliphatic carbocycles. The van der Waals surface area contributed by atoms with Gasteiger partial charge in [-0.3, -0.25) is 28.8 Å². The number of fused-ring (bicyclic) bond motifs is 1. The quantitative estimate of drug-likeness (QED) is 0.0508. The standard InChI is InChI=1S/C51H66N2O8/c1-34(2)15-11-12-24-48(51(61)52-32-44(58)29-41(27-35(3)55)49(59)31-42(33-54)36(4)56)53-50(60)26-25-43(57)21-13-20-39-28-40(37-16-7-5-8-17-37)30-47-45(22-14-23-46(39)47)38-18-9-6-10-19-38/h6,9-10,14,18-19,22-23,28,30,37,41-42,48,54H,1,5,7-8,11-13,15-17,20-21,24-27,29,31-33H2,2-4H3,(H,52,61)(H,53,60). The maximum Gasteiger partial charge on any atom is 0.242 e. The summed E-state index contributed by atoms with van der Waals surface area (Å²) in [5.41, 5.74) is 6.00. The number of aliphatic hydroxyl groups is 1. The lowest BCUT2D eigenvalue weighted by Crippen LogP contribution is -2.48. The predicted molar refractivity (Wildman–Crippen MR) is 240 cm³/mol. The number of carbonyl (C=O) groups is 7. The molecule has 0 spiro atoms. The summed E-state index contributed by atoms with van der Waals surface area (Å²) < 4.78 is 0. The Balaban J connectivity index is 1.34. The third-order valence-corrected chi connectivity index (χ3v) is 12.0. The fraction of sp³-hybridized carbons (Fsp3) is 0.510. The number of rotatable bonds is 27. The van der Waals surface area contributed by atoms with E-state index in [0.29, 0.717) is 31.6 Å². The molecule has 0 bridgehead atoms. The molecule has 328 valence electrons. The smallest absolute Gasteiger partial charge is 0.242 e. The molecule has 0 heterocycles. The van der Waals surface area contributed by atoms with Crippen LogP contribution in [0.5, 0.6) is 0 Å². The van der Waals surface area contributed by atoms with E-state index in [2.05, 4.69) is 71.8 Å². The highest BCUT2D eigenvalue weighted by Gasteiger charge is 2.28. The van der Waals surface area contributed by atoms with E-state index in [1.54, 1.807) is 0 Å². The number of hydrogen-bond acceptors (Lipinski definition) is 8. The van der Waals surface area contributed by atoms with E-state index in [9.17, 15) is 38.7 Å². The molecule has 1 fully saturated rings. The first kappa shape index (κ1) is 48.6. The van der Waals surface area contributed by atoms with Gasteiger partial charge in [-0.15, -0.1) is 6.58 Å². The van der Waals surface area contributed by atoms with Crippen molar-refractivity contribution in [2.45, 2.75) is 142 Å². The van der Waals surface area contributed by atoms with Crippen LogP contribution >= 0.6 is 0 Å². The van der Waals surface area contributed by atoms with E-state index >= 15 is 0 Å². The third-order valence-electron chi connectivity index (χ3n) is 12.0. The Morgan fingerprint density at radius 1 is 0.738 bits per heavy atom. The predicted octanol–water partition coefficient (Wildman–Crippen LogP) is 8.68. The molecule has 10 heteroatoms. The van der Waals surface area contributed by atoms with E-state index < -0.39 is 54.4 Å². The van der Waals surface area contributed by atoms with Crippen molar-refractivity contribution in [3.8, 4) is 11.1 Å². The minimum absolute atomic E-state index is 0.0239. The topological polar surface area (TPSA) is 164 Å². The van der Waals surface area contributed by atoms with Crippen LogP contribution in [0, 0.1) is 11.8 Å². The van der Waals surface area contributed by atoms with Gasteiger partial charge in [0.1, 0.15) is 29.2 Å². The van der Waals surface area contributed by atoms with Crippen molar-refractivity contribution in [1.29, 1.82) is 0 Å². The Kier molecular flexibility index (Phi) is 19.9. The molecule has 2 amide bonds. The summed E-state index contributed by atoms with van der Waals surface area (Å²) in [5.74, 6) is -4.02.